The Labute approximate surface area is 132 Å². The molecule has 2 saturated heterocycles. The lowest BCUT2D eigenvalue weighted by Gasteiger charge is -2.35. The first kappa shape index (κ1) is 14.1. The van der Waals surface area contributed by atoms with Crippen LogP contribution in [0.4, 0.5) is 5.69 Å². The molecular formula is C18H25N3O. The van der Waals surface area contributed by atoms with Gasteiger partial charge in [0.1, 0.15) is 0 Å². The minimum atomic E-state index is 0.122. The highest BCUT2D eigenvalue weighted by atomic mass is 16.1. The first-order chi connectivity index (χ1) is 10.8. The lowest BCUT2D eigenvalue weighted by Crippen LogP contribution is -2.47. The monoisotopic (exact) mass is 299 g/mol. The van der Waals surface area contributed by atoms with Gasteiger partial charge in [-0.1, -0.05) is 6.07 Å². The van der Waals surface area contributed by atoms with Gasteiger partial charge in [-0.15, -0.1) is 0 Å². The van der Waals surface area contributed by atoms with Gasteiger partial charge in [0.15, 0.2) is 0 Å². The Bertz CT molecular complexity index is 571. The molecule has 2 unspecified atom stereocenters. The van der Waals surface area contributed by atoms with Gasteiger partial charge in [-0.3, -0.25) is 4.79 Å². The molecule has 0 spiro atoms. The molecule has 2 N–H and O–H groups in total. The maximum atomic E-state index is 12.7. The van der Waals surface area contributed by atoms with E-state index in [2.05, 4.69) is 21.6 Å². The van der Waals surface area contributed by atoms with Crippen LogP contribution in [-0.4, -0.2) is 42.5 Å². The number of nitrogens with one attached hydrogen (secondary N) is 2. The summed E-state index contributed by atoms with van der Waals surface area (Å²) in [4.78, 5) is 15.3. The number of fused-ring (bicyclic) bond motifs is 2. The maximum absolute atomic E-state index is 12.7. The quantitative estimate of drug-likeness (QED) is 0.881. The third-order valence-corrected chi connectivity index (χ3v) is 5.50. The first-order valence-corrected chi connectivity index (χ1v) is 8.72. The van der Waals surface area contributed by atoms with Crippen LogP contribution in [0, 0.1) is 0 Å². The molecule has 4 rings (SSSR count). The minimum Gasteiger partial charge on any atom is -0.385 e. The Morgan fingerprint density at radius 1 is 1.23 bits per heavy atom. The number of rotatable bonds is 2. The van der Waals surface area contributed by atoms with E-state index in [9.17, 15) is 4.79 Å². The van der Waals surface area contributed by atoms with E-state index in [1.54, 1.807) is 0 Å². The summed E-state index contributed by atoms with van der Waals surface area (Å²) < 4.78 is 0. The van der Waals surface area contributed by atoms with Gasteiger partial charge in [0.2, 0.25) is 0 Å². The Morgan fingerprint density at radius 3 is 3.14 bits per heavy atom. The van der Waals surface area contributed by atoms with Crippen molar-refractivity contribution in [2.75, 3.05) is 25.0 Å². The lowest BCUT2D eigenvalue weighted by atomic mass is 9.95. The van der Waals surface area contributed by atoms with E-state index in [4.69, 9.17) is 0 Å². The predicted molar refractivity (Wildman–Crippen MR) is 88.3 cm³/mol. The van der Waals surface area contributed by atoms with Crippen molar-refractivity contribution in [3.8, 4) is 0 Å². The van der Waals surface area contributed by atoms with Gasteiger partial charge < -0.3 is 15.5 Å². The second-order valence-corrected chi connectivity index (χ2v) is 6.89. The molecule has 3 aliphatic heterocycles. The van der Waals surface area contributed by atoms with E-state index < -0.39 is 0 Å². The zero-order valence-electron chi connectivity index (χ0n) is 13.1. The Kier molecular flexibility index (Phi) is 3.78. The molecule has 1 aromatic rings. The van der Waals surface area contributed by atoms with E-state index in [0.717, 1.165) is 50.0 Å². The number of anilines is 1. The average Bonchev–Trinajstić information content (AvgIpc) is 3.02. The van der Waals surface area contributed by atoms with Crippen molar-refractivity contribution < 1.29 is 4.79 Å². The molecule has 0 aromatic heterocycles. The first-order valence-electron chi connectivity index (χ1n) is 8.72. The number of benzene rings is 1. The summed E-state index contributed by atoms with van der Waals surface area (Å²) in [5.41, 5.74) is 3.22. The molecule has 118 valence electrons. The van der Waals surface area contributed by atoms with Crippen LogP contribution in [0.3, 0.4) is 0 Å². The smallest absolute Gasteiger partial charge is 0.251 e. The molecule has 1 aromatic carbocycles. The van der Waals surface area contributed by atoms with Crippen LogP contribution in [0.5, 0.6) is 0 Å². The highest BCUT2D eigenvalue weighted by Gasteiger charge is 2.32. The van der Waals surface area contributed by atoms with Crippen molar-refractivity contribution in [2.45, 2.75) is 50.6 Å². The second kappa shape index (κ2) is 5.92. The number of hydrogen-bond donors (Lipinski definition) is 2. The van der Waals surface area contributed by atoms with Crippen molar-refractivity contribution in [1.82, 2.24) is 10.2 Å². The van der Waals surface area contributed by atoms with Gasteiger partial charge in [0, 0.05) is 36.4 Å². The van der Waals surface area contributed by atoms with Crippen LogP contribution in [0.1, 0.15) is 48.0 Å². The number of piperidine rings is 1. The van der Waals surface area contributed by atoms with E-state index in [1.807, 2.05) is 12.1 Å². The Morgan fingerprint density at radius 2 is 2.18 bits per heavy atom. The van der Waals surface area contributed by atoms with Crippen LogP contribution in [0.2, 0.25) is 0 Å². The number of carbonyl (C=O) groups excluding carboxylic acids is 1. The summed E-state index contributed by atoms with van der Waals surface area (Å²) in [6.45, 7) is 3.41. The van der Waals surface area contributed by atoms with Crippen LogP contribution in [0.25, 0.3) is 0 Å². The molecule has 3 aliphatic rings. The molecule has 2 atom stereocenters. The molecule has 0 aliphatic carbocycles. The predicted octanol–water partition coefficient (Wildman–Crippen LogP) is 2.40. The normalized spacial score (nSPS) is 27.6. The molecular weight excluding hydrogens is 274 g/mol. The maximum Gasteiger partial charge on any atom is 0.251 e. The van der Waals surface area contributed by atoms with E-state index in [0.29, 0.717) is 12.1 Å². The Hall–Kier alpha value is -1.55. The highest BCUT2D eigenvalue weighted by Crippen LogP contribution is 2.28. The van der Waals surface area contributed by atoms with Crippen molar-refractivity contribution in [2.24, 2.45) is 0 Å². The summed E-state index contributed by atoms with van der Waals surface area (Å²) in [6.07, 6.45) is 6.96. The number of nitrogens with zero attached hydrogens (tertiary/aromatic N) is 1. The highest BCUT2D eigenvalue weighted by molar-refractivity contribution is 5.97. The second-order valence-electron chi connectivity index (χ2n) is 6.89. The average molecular weight is 299 g/mol. The van der Waals surface area contributed by atoms with Gasteiger partial charge in [0.05, 0.1) is 0 Å². The molecule has 0 bridgehead atoms. The SMILES string of the molecule is O=C(NC1CCN2CCCC2C1)c1cccc2c1CCCN2. The summed E-state index contributed by atoms with van der Waals surface area (Å²) in [5.74, 6) is 0.122. The third-order valence-electron chi connectivity index (χ3n) is 5.50. The number of amides is 1. The molecule has 0 saturated carbocycles. The fourth-order valence-corrected chi connectivity index (χ4v) is 4.34. The Balaban J connectivity index is 1.46. The largest absolute Gasteiger partial charge is 0.385 e. The molecule has 0 radical (unpaired) electrons. The van der Waals surface area contributed by atoms with Gasteiger partial charge in [-0.05, 0) is 62.8 Å². The van der Waals surface area contributed by atoms with E-state index in [1.165, 1.54) is 24.9 Å². The molecule has 22 heavy (non-hydrogen) atoms. The van der Waals surface area contributed by atoms with Crippen LogP contribution in [0.15, 0.2) is 18.2 Å². The van der Waals surface area contributed by atoms with Gasteiger partial charge in [-0.25, -0.2) is 0 Å². The fraction of sp³-hybridized carbons (Fsp3) is 0.611. The van der Waals surface area contributed by atoms with Crippen LogP contribution in [-0.2, 0) is 6.42 Å². The van der Waals surface area contributed by atoms with Gasteiger partial charge >= 0.3 is 0 Å². The zero-order valence-corrected chi connectivity index (χ0v) is 13.1. The number of carbonyl (C=O) groups is 1. The summed E-state index contributed by atoms with van der Waals surface area (Å²) in [5, 5.41) is 6.71. The topological polar surface area (TPSA) is 44.4 Å². The van der Waals surface area contributed by atoms with Crippen molar-refractivity contribution in [3.05, 3.63) is 29.3 Å². The molecule has 4 nitrogen and oxygen atoms in total. The van der Waals surface area contributed by atoms with Crippen molar-refractivity contribution >= 4 is 11.6 Å². The zero-order chi connectivity index (χ0) is 14.9. The van der Waals surface area contributed by atoms with E-state index >= 15 is 0 Å². The van der Waals surface area contributed by atoms with Gasteiger partial charge in [0.25, 0.3) is 5.91 Å². The molecule has 1 amide bonds. The summed E-state index contributed by atoms with van der Waals surface area (Å²) in [7, 11) is 0. The molecule has 2 fully saturated rings. The third kappa shape index (κ3) is 2.60. The van der Waals surface area contributed by atoms with E-state index in [-0.39, 0.29) is 5.91 Å². The lowest BCUT2D eigenvalue weighted by molar-refractivity contribution is 0.0895. The fourth-order valence-electron chi connectivity index (χ4n) is 4.34. The van der Waals surface area contributed by atoms with Crippen molar-refractivity contribution in [3.63, 3.8) is 0 Å². The standard InChI is InChI=1S/C18H25N3O/c22-18(16-5-1-7-17-15(16)6-2-9-19-17)20-13-8-11-21-10-3-4-14(21)12-13/h1,5,7,13-14,19H,2-4,6,8-12H2,(H,20,22). The molecule has 4 heteroatoms. The summed E-state index contributed by atoms with van der Waals surface area (Å²) >= 11 is 0. The summed E-state index contributed by atoms with van der Waals surface area (Å²) in [6, 6.07) is 7.10. The molecule has 3 heterocycles. The minimum absolute atomic E-state index is 0.122. The van der Waals surface area contributed by atoms with Crippen LogP contribution < -0.4 is 10.6 Å². The van der Waals surface area contributed by atoms with Gasteiger partial charge in [-0.2, -0.15) is 0 Å². The van der Waals surface area contributed by atoms with Crippen LogP contribution >= 0.6 is 0 Å². The van der Waals surface area contributed by atoms with Crippen molar-refractivity contribution in [1.29, 1.82) is 0 Å². The number of hydrogen-bond acceptors (Lipinski definition) is 3.